The van der Waals surface area contributed by atoms with Crippen molar-refractivity contribution in [2.45, 2.75) is 39.5 Å². The molecule has 1 aliphatic carbocycles. The Balaban J connectivity index is 2.03. The summed E-state index contributed by atoms with van der Waals surface area (Å²) < 4.78 is 0. The van der Waals surface area contributed by atoms with Crippen molar-refractivity contribution in [3.05, 3.63) is 34.9 Å². The molecule has 0 heterocycles. The molecule has 0 saturated heterocycles. The number of aryl methyl sites for hydroxylation is 3. The Bertz CT molecular complexity index is 417. The molecule has 1 aliphatic rings. The molecular formula is C14H18O2. The largest absolute Gasteiger partial charge is 0.481 e. The first-order valence-corrected chi connectivity index (χ1v) is 5.83. The zero-order valence-corrected chi connectivity index (χ0v) is 9.92. The predicted octanol–water partition coefficient (Wildman–Crippen LogP) is 3.10. The summed E-state index contributed by atoms with van der Waals surface area (Å²) in [5.41, 5.74) is 3.44. The fraction of sp³-hybridized carbons (Fsp3) is 0.500. The zero-order chi connectivity index (χ0) is 11.8. The first-order valence-electron chi connectivity index (χ1n) is 5.83. The van der Waals surface area contributed by atoms with Gasteiger partial charge in [0, 0.05) is 0 Å². The molecule has 1 aromatic rings. The topological polar surface area (TPSA) is 37.3 Å². The molecule has 0 aliphatic heterocycles. The average molecular weight is 218 g/mol. The zero-order valence-electron chi connectivity index (χ0n) is 9.92. The molecular weight excluding hydrogens is 200 g/mol. The van der Waals surface area contributed by atoms with Gasteiger partial charge in [0.2, 0.25) is 0 Å². The van der Waals surface area contributed by atoms with Gasteiger partial charge in [-0.3, -0.25) is 4.79 Å². The van der Waals surface area contributed by atoms with Crippen molar-refractivity contribution >= 4 is 5.97 Å². The lowest BCUT2D eigenvalue weighted by Gasteiger charge is -2.11. The van der Waals surface area contributed by atoms with Crippen LogP contribution in [0.4, 0.5) is 0 Å². The number of aliphatic carboxylic acids is 1. The van der Waals surface area contributed by atoms with E-state index in [2.05, 4.69) is 32.0 Å². The first-order chi connectivity index (χ1) is 7.53. The van der Waals surface area contributed by atoms with Gasteiger partial charge in [-0.15, -0.1) is 0 Å². The maximum absolute atomic E-state index is 11.0. The van der Waals surface area contributed by atoms with Crippen LogP contribution in [0.25, 0.3) is 0 Å². The van der Waals surface area contributed by atoms with E-state index in [1.165, 1.54) is 16.7 Å². The summed E-state index contributed by atoms with van der Waals surface area (Å²) in [5.74, 6) is -0.614. The summed E-state index contributed by atoms with van der Waals surface area (Å²) in [6.45, 7) is 4.18. The second-order valence-corrected chi connectivity index (χ2v) is 5.02. The van der Waals surface area contributed by atoms with E-state index in [1.54, 1.807) is 0 Å². The molecule has 2 heteroatoms. The third-order valence-corrected chi connectivity index (χ3v) is 3.68. The van der Waals surface area contributed by atoms with Crippen LogP contribution < -0.4 is 0 Å². The van der Waals surface area contributed by atoms with Gasteiger partial charge in [-0.1, -0.05) is 23.8 Å². The van der Waals surface area contributed by atoms with E-state index in [0.29, 0.717) is 0 Å². The summed E-state index contributed by atoms with van der Waals surface area (Å²) in [6, 6.07) is 6.39. The van der Waals surface area contributed by atoms with E-state index < -0.39 is 11.4 Å². The molecule has 1 aromatic carbocycles. The smallest absolute Gasteiger partial charge is 0.309 e. The highest BCUT2D eigenvalue weighted by Gasteiger charge is 2.49. The summed E-state index contributed by atoms with van der Waals surface area (Å²) in [5, 5.41) is 9.10. The van der Waals surface area contributed by atoms with Gasteiger partial charge in [0.1, 0.15) is 0 Å². The number of carboxylic acid groups (broad SMARTS) is 1. The van der Waals surface area contributed by atoms with Gasteiger partial charge in [0.15, 0.2) is 0 Å². The Morgan fingerprint density at radius 1 is 1.38 bits per heavy atom. The van der Waals surface area contributed by atoms with Gasteiger partial charge < -0.3 is 5.11 Å². The Morgan fingerprint density at radius 3 is 2.56 bits per heavy atom. The van der Waals surface area contributed by atoms with Crippen LogP contribution >= 0.6 is 0 Å². The number of hydrogen-bond donors (Lipinski definition) is 1. The van der Waals surface area contributed by atoms with Crippen molar-refractivity contribution in [1.82, 2.24) is 0 Å². The number of carbonyl (C=O) groups is 1. The number of benzene rings is 1. The standard InChI is InChI=1S/C14H18O2/c1-10-3-4-12(11(2)9-10)5-6-14(7-8-14)13(15)16/h3-4,9H,5-8H2,1-2H3,(H,15,16). The van der Waals surface area contributed by atoms with Crippen LogP contribution in [0, 0.1) is 19.3 Å². The van der Waals surface area contributed by atoms with Crippen LogP contribution in [-0.2, 0) is 11.2 Å². The highest BCUT2D eigenvalue weighted by Crippen LogP contribution is 2.49. The maximum Gasteiger partial charge on any atom is 0.309 e. The van der Waals surface area contributed by atoms with Crippen molar-refractivity contribution in [3.63, 3.8) is 0 Å². The number of hydrogen-bond acceptors (Lipinski definition) is 1. The van der Waals surface area contributed by atoms with Crippen molar-refractivity contribution < 1.29 is 9.90 Å². The van der Waals surface area contributed by atoms with Crippen LogP contribution in [0.1, 0.15) is 36.0 Å². The summed E-state index contributed by atoms with van der Waals surface area (Å²) in [7, 11) is 0. The lowest BCUT2D eigenvalue weighted by molar-refractivity contribution is -0.143. The van der Waals surface area contributed by atoms with E-state index in [0.717, 1.165) is 25.7 Å². The monoisotopic (exact) mass is 218 g/mol. The van der Waals surface area contributed by atoms with Gasteiger partial charge in [-0.05, 0) is 50.7 Å². The van der Waals surface area contributed by atoms with Gasteiger partial charge in [-0.25, -0.2) is 0 Å². The van der Waals surface area contributed by atoms with Crippen LogP contribution in [0.2, 0.25) is 0 Å². The SMILES string of the molecule is Cc1ccc(CCC2(C(=O)O)CC2)c(C)c1. The van der Waals surface area contributed by atoms with E-state index in [9.17, 15) is 4.79 Å². The highest BCUT2D eigenvalue weighted by molar-refractivity contribution is 5.77. The molecule has 2 nitrogen and oxygen atoms in total. The van der Waals surface area contributed by atoms with Crippen molar-refractivity contribution in [1.29, 1.82) is 0 Å². The molecule has 0 amide bonds. The predicted molar refractivity (Wildman–Crippen MR) is 63.5 cm³/mol. The van der Waals surface area contributed by atoms with Crippen molar-refractivity contribution in [3.8, 4) is 0 Å². The third kappa shape index (κ3) is 2.11. The minimum atomic E-state index is -0.614. The Labute approximate surface area is 96.3 Å². The van der Waals surface area contributed by atoms with Gasteiger partial charge in [0.05, 0.1) is 5.41 Å². The lowest BCUT2D eigenvalue weighted by Crippen LogP contribution is -2.15. The summed E-state index contributed by atoms with van der Waals surface area (Å²) in [4.78, 5) is 11.0. The quantitative estimate of drug-likeness (QED) is 0.843. The van der Waals surface area contributed by atoms with E-state index in [1.807, 2.05) is 0 Å². The normalized spacial score (nSPS) is 17.1. The number of rotatable bonds is 4. The molecule has 1 saturated carbocycles. The van der Waals surface area contributed by atoms with Crippen LogP contribution in [-0.4, -0.2) is 11.1 Å². The molecule has 1 N–H and O–H groups in total. The second kappa shape index (κ2) is 3.93. The molecule has 0 unspecified atom stereocenters. The minimum Gasteiger partial charge on any atom is -0.481 e. The van der Waals surface area contributed by atoms with E-state index in [-0.39, 0.29) is 0 Å². The van der Waals surface area contributed by atoms with E-state index in [4.69, 9.17) is 5.11 Å². The Morgan fingerprint density at radius 2 is 2.06 bits per heavy atom. The summed E-state index contributed by atoms with van der Waals surface area (Å²) in [6.07, 6.45) is 3.38. The molecule has 2 rings (SSSR count). The molecule has 0 atom stereocenters. The van der Waals surface area contributed by atoms with Crippen molar-refractivity contribution in [2.24, 2.45) is 5.41 Å². The third-order valence-electron chi connectivity index (χ3n) is 3.68. The number of carboxylic acids is 1. The molecule has 86 valence electrons. The highest BCUT2D eigenvalue weighted by atomic mass is 16.4. The second-order valence-electron chi connectivity index (χ2n) is 5.02. The molecule has 0 aromatic heterocycles. The molecule has 0 radical (unpaired) electrons. The average Bonchev–Trinajstić information content (AvgIpc) is 2.97. The lowest BCUT2D eigenvalue weighted by atomic mass is 9.94. The van der Waals surface area contributed by atoms with Gasteiger partial charge in [-0.2, -0.15) is 0 Å². The first kappa shape index (κ1) is 11.2. The van der Waals surface area contributed by atoms with Gasteiger partial charge >= 0.3 is 5.97 Å². The van der Waals surface area contributed by atoms with Crippen LogP contribution in [0.15, 0.2) is 18.2 Å². The fourth-order valence-corrected chi connectivity index (χ4v) is 2.22. The van der Waals surface area contributed by atoms with E-state index >= 15 is 0 Å². The Kier molecular flexibility index (Phi) is 2.75. The fourth-order valence-electron chi connectivity index (χ4n) is 2.22. The van der Waals surface area contributed by atoms with Gasteiger partial charge in [0.25, 0.3) is 0 Å². The molecule has 0 bridgehead atoms. The molecule has 16 heavy (non-hydrogen) atoms. The maximum atomic E-state index is 11.0. The van der Waals surface area contributed by atoms with Crippen LogP contribution in [0.3, 0.4) is 0 Å². The summed E-state index contributed by atoms with van der Waals surface area (Å²) >= 11 is 0. The Hall–Kier alpha value is -1.31. The molecule has 1 fully saturated rings. The van der Waals surface area contributed by atoms with Crippen LogP contribution in [0.5, 0.6) is 0 Å². The minimum absolute atomic E-state index is 0.392. The molecule has 0 spiro atoms. The van der Waals surface area contributed by atoms with Crippen molar-refractivity contribution in [2.75, 3.05) is 0 Å².